The lowest BCUT2D eigenvalue weighted by molar-refractivity contribution is -0.116. The number of carbonyl (C=O) groups is 1. The van der Waals surface area contributed by atoms with Gasteiger partial charge in [0.05, 0.1) is 4.90 Å². The van der Waals surface area contributed by atoms with Crippen LogP contribution in [-0.4, -0.2) is 52.5 Å². The van der Waals surface area contributed by atoms with Gasteiger partial charge in [-0.15, -0.1) is 0 Å². The molecular weight excluding hydrogens is 314 g/mol. The molecule has 0 aliphatic heterocycles. The van der Waals surface area contributed by atoms with E-state index in [9.17, 15) is 13.2 Å². The molecule has 1 amide bonds. The number of carbonyl (C=O) groups excluding carboxylic acids is 1. The minimum absolute atomic E-state index is 0.172. The summed E-state index contributed by atoms with van der Waals surface area (Å²) in [5.74, 6) is -0.172. The molecule has 128 valence electrons. The highest BCUT2D eigenvalue weighted by Gasteiger charge is 2.09. The van der Waals surface area contributed by atoms with Crippen LogP contribution in [0, 0.1) is 0 Å². The minimum atomic E-state index is -3.43. The Kier molecular flexibility index (Phi) is 7.41. The van der Waals surface area contributed by atoms with Crippen molar-refractivity contribution >= 4 is 22.0 Å². The van der Waals surface area contributed by atoms with Crippen molar-refractivity contribution in [2.75, 3.05) is 27.2 Å². The SMILES string of the molecule is CNS(=O)(=O)c1ccc(/C=C/C(=O)NCCN(C)C(C)C)cc1. The molecule has 0 aliphatic rings. The van der Waals surface area contributed by atoms with Crippen LogP contribution < -0.4 is 10.0 Å². The van der Waals surface area contributed by atoms with Crippen LogP contribution in [0.4, 0.5) is 0 Å². The van der Waals surface area contributed by atoms with Crippen LogP contribution in [0.2, 0.25) is 0 Å². The number of sulfonamides is 1. The van der Waals surface area contributed by atoms with E-state index in [1.807, 2.05) is 7.05 Å². The molecule has 0 fully saturated rings. The molecule has 0 atom stereocenters. The second-order valence-electron chi connectivity index (χ2n) is 5.48. The molecule has 7 heteroatoms. The normalized spacial score (nSPS) is 12.3. The van der Waals surface area contributed by atoms with Gasteiger partial charge < -0.3 is 10.2 Å². The molecule has 0 heterocycles. The summed E-state index contributed by atoms with van der Waals surface area (Å²) in [4.78, 5) is 14.1. The number of hydrogen-bond acceptors (Lipinski definition) is 4. The van der Waals surface area contributed by atoms with Gasteiger partial charge in [0.15, 0.2) is 0 Å². The molecule has 0 aromatic heterocycles. The number of rotatable bonds is 8. The Morgan fingerprint density at radius 3 is 2.39 bits per heavy atom. The fourth-order valence-corrected chi connectivity index (χ4v) is 2.45. The highest BCUT2D eigenvalue weighted by Crippen LogP contribution is 2.11. The van der Waals surface area contributed by atoms with Crippen LogP contribution >= 0.6 is 0 Å². The molecule has 2 N–H and O–H groups in total. The molecule has 0 saturated carbocycles. The first-order valence-electron chi connectivity index (χ1n) is 7.46. The Hall–Kier alpha value is -1.70. The maximum Gasteiger partial charge on any atom is 0.244 e. The summed E-state index contributed by atoms with van der Waals surface area (Å²) in [6.07, 6.45) is 3.09. The summed E-state index contributed by atoms with van der Waals surface area (Å²) < 4.78 is 25.5. The van der Waals surface area contributed by atoms with Gasteiger partial charge >= 0.3 is 0 Å². The fourth-order valence-electron chi connectivity index (χ4n) is 1.72. The Bertz CT molecular complexity index is 637. The van der Waals surface area contributed by atoms with Crippen molar-refractivity contribution in [3.8, 4) is 0 Å². The number of hydrogen-bond donors (Lipinski definition) is 2. The van der Waals surface area contributed by atoms with Crippen LogP contribution in [0.5, 0.6) is 0 Å². The lowest BCUT2D eigenvalue weighted by Gasteiger charge is -2.20. The summed E-state index contributed by atoms with van der Waals surface area (Å²) in [6.45, 7) is 5.56. The molecule has 1 aromatic carbocycles. The first-order valence-corrected chi connectivity index (χ1v) is 8.94. The van der Waals surface area contributed by atoms with Gasteiger partial charge in [0.25, 0.3) is 0 Å². The summed E-state index contributed by atoms with van der Waals surface area (Å²) in [7, 11) is -0.0589. The minimum Gasteiger partial charge on any atom is -0.351 e. The van der Waals surface area contributed by atoms with Gasteiger partial charge in [-0.05, 0) is 51.7 Å². The molecule has 0 saturated heterocycles. The third-order valence-electron chi connectivity index (χ3n) is 3.53. The average Bonchev–Trinajstić information content (AvgIpc) is 2.53. The molecular formula is C16H25N3O3S. The summed E-state index contributed by atoms with van der Waals surface area (Å²) in [5.41, 5.74) is 0.759. The Morgan fingerprint density at radius 1 is 1.26 bits per heavy atom. The van der Waals surface area contributed by atoms with E-state index in [0.29, 0.717) is 12.6 Å². The van der Waals surface area contributed by atoms with Crippen LogP contribution in [-0.2, 0) is 14.8 Å². The highest BCUT2D eigenvalue weighted by atomic mass is 32.2. The Labute approximate surface area is 138 Å². The summed E-state index contributed by atoms with van der Waals surface area (Å²) in [5, 5.41) is 2.81. The fraction of sp³-hybridized carbons (Fsp3) is 0.438. The lowest BCUT2D eigenvalue weighted by Crippen LogP contribution is -2.35. The molecule has 0 unspecified atom stereocenters. The maximum absolute atomic E-state index is 11.7. The smallest absolute Gasteiger partial charge is 0.244 e. The number of likely N-dealkylation sites (N-methyl/N-ethyl adjacent to an activating group) is 1. The van der Waals surface area contributed by atoms with Crippen LogP contribution in [0.1, 0.15) is 19.4 Å². The van der Waals surface area contributed by atoms with E-state index in [2.05, 4.69) is 28.8 Å². The maximum atomic E-state index is 11.7. The lowest BCUT2D eigenvalue weighted by atomic mass is 10.2. The topological polar surface area (TPSA) is 78.5 Å². The van der Waals surface area contributed by atoms with E-state index < -0.39 is 10.0 Å². The number of nitrogens with one attached hydrogen (secondary N) is 2. The molecule has 1 rings (SSSR count). The van der Waals surface area contributed by atoms with E-state index >= 15 is 0 Å². The van der Waals surface area contributed by atoms with Crippen molar-refractivity contribution in [1.29, 1.82) is 0 Å². The van der Waals surface area contributed by atoms with Gasteiger partial charge in [0.2, 0.25) is 15.9 Å². The first-order chi connectivity index (χ1) is 10.8. The van der Waals surface area contributed by atoms with Crippen molar-refractivity contribution in [3.63, 3.8) is 0 Å². The van der Waals surface area contributed by atoms with Gasteiger partial charge in [-0.25, -0.2) is 13.1 Å². The zero-order valence-corrected chi connectivity index (χ0v) is 14.9. The molecule has 0 aliphatic carbocycles. The second-order valence-corrected chi connectivity index (χ2v) is 7.36. The van der Waals surface area contributed by atoms with Crippen LogP contribution in [0.25, 0.3) is 6.08 Å². The average molecular weight is 339 g/mol. The van der Waals surface area contributed by atoms with Crippen LogP contribution in [0.3, 0.4) is 0 Å². The molecule has 0 bridgehead atoms. The zero-order chi connectivity index (χ0) is 17.5. The largest absolute Gasteiger partial charge is 0.351 e. The number of nitrogens with zero attached hydrogens (tertiary/aromatic N) is 1. The predicted octanol–water partition coefficient (Wildman–Crippen LogP) is 1.06. The second kappa shape index (κ2) is 8.81. The van der Waals surface area contributed by atoms with Gasteiger partial charge in [-0.3, -0.25) is 4.79 Å². The quantitative estimate of drug-likeness (QED) is 0.694. The van der Waals surface area contributed by atoms with E-state index in [0.717, 1.165) is 12.1 Å². The zero-order valence-electron chi connectivity index (χ0n) is 14.0. The highest BCUT2D eigenvalue weighted by molar-refractivity contribution is 7.89. The predicted molar refractivity (Wildman–Crippen MR) is 92.5 cm³/mol. The number of amides is 1. The Balaban J connectivity index is 2.52. The number of benzene rings is 1. The third-order valence-corrected chi connectivity index (χ3v) is 4.96. The van der Waals surface area contributed by atoms with E-state index in [-0.39, 0.29) is 10.8 Å². The molecule has 23 heavy (non-hydrogen) atoms. The molecule has 6 nitrogen and oxygen atoms in total. The first kappa shape index (κ1) is 19.3. The molecule has 0 spiro atoms. The van der Waals surface area contributed by atoms with Gasteiger partial charge in [-0.1, -0.05) is 12.1 Å². The van der Waals surface area contributed by atoms with E-state index in [1.54, 1.807) is 18.2 Å². The van der Waals surface area contributed by atoms with Crippen molar-refractivity contribution < 1.29 is 13.2 Å². The standard InChI is InChI=1S/C16H25N3O3S/c1-13(2)19(4)12-11-18-16(20)10-7-14-5-8-15(9-6-14)23(21,22)17-3/h5-10,13,17H,11-12H2,1-4H3,(H,18,20)/b10-7+. The van der Waals surface area contributed by atoms with Crippen molar-refractivity contribution in [1.82, 2.24) is 14.9 Å². The van der Waals surface area contributed by atoms with E-state index in [4.69, 9.17) is 0 Å². The van der Waals surface area contributed by atoms with E-state index in [1.165, 1.54) is 25.3 Å². The summed E-state index contributed by atoms with van der Waals surface area (Å²) in [6, 6.07) is 6.75. The van der Waals surface area contributed by atoms with Gasteiger partial charge in [0, 0.05) is 25.2 Å². The third kappa shape index (κ3) is 6.52. The molecule has 0 radical (unpaired) electrons. The molecule has 1 aromatic rings. The van der Waals surface area contributed by atoms with Crippen molar-refractivity contribution in [3.05, 3.63) is 35.9 Å². The van der Waals surface area contributed by atoms with Gasteiger partial charge in [-0.2, -0.15) is 0 Å². The monoisotopic (exact) mass is 339 g/mol. The summed E-state index contributed by atoms with van der Waals surface area (Å²) >= 11 is 0. The van der Waals surface area contributed by atoms with Crippen molar-refractivity contribution in [2.24, 2.45) is 0 Å². The van der Waals surface area contributed by atoms with Crippen molar-refractivity contribution in [2.45, 2.75) is 24.8 Å². The Morgan fingerprint density at radius 2 is 1.87 bits per heavy atom. The van der Waals surface area contributed by atoms with Crippen LogP contribution in [0.15, 0.2) is 35.2 Å². The van der Waals surface area contributed by atoms with Gasteiger partial charge in [0.1, 0.15) is 0 Å².